The number of thiazole rings is 1. The third-order valence-corrected chi connectivity index (χ3v) is 7.98. The first-order valence-corrected chi connectivity index (χ1v) is 13.7. The van der Waals surface area contributed by atoms with Crippen LogP contribution in [0.4, 0.5) is 29.0 Å². The Hall–Kier alpha value is -4.33. The summed E-state index contributed by atoms with van der Waals surface area (Å²) in [4.78, 5) is 43.4. The van der Waals surface area contributed by atoms with Gasteiger partial charge < -0.3 is 15.3 Å². The summed E-state index contributed by atoms with van der Waals surface area (Å²) in [5, 5.41) is 15.4. The fourth-order valence-electron chi connectivity index (χ4n) is 4.89. The molecule has 0 aliphatic carbocycles. The number of nitrogens with one attached hydrogen (secondary N) is 2. The van der Waals surface area contributed by atoms with Crippen molar-refractivity contribution in [1.82, 2.24) is 25.3 Å². The zero-order chi connectivity index (χ0) is 29.2. The van der Waals surface area contributed by atoms with Crippen LogP contribution in [0.15, 0.2) is 48.9 Å². The lowest BCUT2D eigenvalue weighted by atomic mass is 9.75. The Labute approximate surface area is 236 Å². The van der Waals surface area contributed by atoms with Crippen LogP contribution in [0.5, 0.6) is 0 Å². The highest BCUT2D eigenvalue weighted by molar-refractivity contribution is 7.22. The molecule has 10 nitrogen and oxygen atoms in total. The van der Waals surface area contributed by atoms with Crippen LogP contribution < -0.4 is 15.5 Å². The molecule has 3 N–H and O–H groups in total. The lowest BCUT2D eigenvalue weighted by Gasteiger charge is -2.39. The molecule has 1 fully saturated rings. The summed E-state index contributed by atoms with van der Waals surface area (Å²) in [6, 6.07) is 9.01. The predicted octanol–water partition coefficient (Wildman–Crippen LogP) is 5.58. The van der Waals surface area contributed by atoms with Crippen molar-refractivity contribution in [2.75, 3.05) is 29.9 Å². The minimum Gasteiger partial charge on any atom is -0.481 e. The summed E-state index contributed by atoms with van der Waals surface area (Å²) < 4.78 is 40.0. The van der Waals surface area contributed by atoms with E-state index in [2.05, 4.69) is 30.6 Å². The molecule has 1 aromatic carbocycles. The number of carbonyl (C=O) groups is 2. The third-order valence-electron chi connectivity index (χ3n) is 6.96. The van der Waals surface area contributed by atoms with Crippen molar-refractivity contribution in [2.24, 2.45) is 5.41 Å². The van der Waals surface area contributed by atoms with E-state index in [1.807, 2.05) is 37.3 Å². The van der Waals surface area contributed by atoms with Gasteiger partial charge in [0.2, 0.25) is 5.95 Å². The van der Waals surface area contributed by atoms with Gasteiger partial charge in [-0.2, -0.15) is 13.2 Å². The highest BCUT2D eigenvalue weighted by Crippen LogP contribution is 2.43. The smallest absolute Gasteiger partial charge is 0.390 e. The van der Waals surface area contributed by atoms with Crippen LogP contribution in [0.3, 0.4) is 0 Å². The number of carboxylic acid groups (broad SMARTS) is 1. The zero-order valence-electron chi connectivity index (χ0n) is 21.9. The highest BCUT2D eigenvalue weighted by atomic mass is 32.1. The number of fused-ring (bicyclic) bond motifs is 1. The lowest BCUT2D eigenvalue weighted by Crippen LogP contribution is -2.47. The van der Waals surface area contributed by atoms with Crippen molar-refractivity contribution in [3.63, 3.8) is 0 Å². The van der Waals surface area contributed by atoms with Crippen LogP contribution in [0.25, 0.3) is 32.6 Å². The van der Waals surface area contributed by atoms with Crippen molar-refractivity contribution in [3.05, 3.63) is 48.9 Å². The van der Waals surface area contributed by atoms with Gasteiger partial charge in [-0.1, -0.05) is 17.4 Å². The number of hydrogen-bond acceptors (Lipinski definition) is 8. The second-order valence-electron chi connectivity index (χ2n) is 9.73. The van der Waals surface area contributed by atoms with E-state index in [0.29, 0.717) is 28.7 Å². The summed E-state index contributed by atoms with van der Waals surface area (Å²) in [5.41, 5.74) is 1.77. The summed E-state index contributed by atoms with van der Waals surface area (Å²) in [6.45, 7) is 2.48. The Bertz CT molecular complexity index is 1550. The number of nitrogens with zero attached hydrogens (tertiary/aromatic N) is 5. The van der Waals surface area contributed by atoms with Gasteiger partial charge in [0.1, 0.15) is 0 Å². The molecule has 1 saturated heterocycles. The molecule has 3 aromatic heterocycles. The average molecular weight is 586 g/mol. The molecule has 0 radical (unpaired) electrons. The number of halogens is 3. The molecule has 14 heteroatoms. The average Bonchev–Trinajstić information content (AvgIpc) is 3.35. The van der Waals surface area contributed by atoms with E-state index < -0.39 is 24.0 Å². The Morgan fingerprint density at radius 2 is 1.83 bits per heavy atom. The van der Waals surface area contributed by atoms with Crippen LogP contribution in [-0.2, 0) is 4.79 Å². The van der Waals surface area contributed by atoms with Crippen LogP contribution in [-0.4, -0.2) is 62.9 Å². The van der Waals surface area contributed by atoms with Gasteiger partial charge in [0.15, 0.2) is 5.13 Å². The topological polar surface area (TPSA) is 133 Å². The fourth-order valence-corrected chi connectivity index (χ4v) is 5.85. The SMILES string of the molecule is CCNC(=O)Nc1nc2cc(-c3cnc(N4CCC(CC(F)(F)F)(C(=O)O)CC4)nc3)cc(-c3ccccn3)c2s1. The summed E-state index contributed by atoms with van der Waals surface area (Å²) >= 11 is 1.33. The number of hydrogen-bond donors (Lipinski definition) is 3. The van der Waals surface area contributed by atoms with Crippen LogP contribution >= 0.6 is 11.3 Å². The number of anilines is 2. The Balaban J connectivity index is 1.41. The number of pyridine rings is 1. The number of carboxylic acids is 1. The number of alkyl halides is 3. The minimum atomic E-state index is -4.57. The number of urea groups is 1. The Kier molecular flexibility index (Phi) is 7.76. The first-order valence-electron chi connectivity index (χ1n) is 12.9. The standard InChI is InChI=1S/C27H26F3N7O3S/c1-2-31-24(40)36-25-35-20-12-16(11-18(21(20)41-25)19-5-3-4-8-32-19)17-13-33-23(34-14-17)37-9-6-26(7-10-37,22(38)39)15-27(28,29)30/h3-5,8,11-14H,2,6-7,9-10,15H2,1H3,(H,38,39)(H2,31,35,36,40). The molecular weight excluding hydrogens is 559 g/mol. The van der Waals surface area contributed by atoms with Crippen molar-refractivity contribution in [2.45, 2.75) is 32.4 Å². The molecule has 0 spiro atoms. The van der Waals surface area contributed by atoms with E-state index >= 15 is 0 Å². The van der Waals surface area contributed by atoms with Crippen molar-refractivity contribution in [1.29, 1.82) is 0 Å². The number of benzene rings is 1. The van der Waals surface area contributed by atoms with E-state index in [9.17, 15) is 27.9 Å². The maximum absolute atomic E-state index is 13.1. The normalized spacial score (nSPS) is 15.1. The Morgan fingerprint density at radius 3 is 2.44 bits per heavy atom. The molecule has 0 saturated carbocycles. The third kappa shape index (κ3) is 6.21. The molecule has 0 atom stereocenters. The first-order chi connectivity index (χ1) is 19.6. The zero-order valence-corrected chi connectivity index (χ0v) is 22.7. The van der Waals surface area contributed by atoms with Gasteiger partial charge in [-0.15, -0.1) is 0 Å². The molecule has 41 heavy (non-hydrogen) atoms. The van der Waals surface area contributed by atoms with Crippen molar-refractivity contribution >= 4 is 44.6 Å². The van der Waals surface area contributed by atoms with Gasteiger partial charge in [-0.05, 0) is 49.6 Å². The molecule has 4 aromatic rings. The van der Waals surface area contributed by atoms with E-state index in [-0.39, 0.29) is 32.0 Å². The summed E-state index contributed by atoms with van der Waals surface area (Å²) in [5.74, 6) is -1.12. The monoisotopic (exact) mass is 585 g/mol. The number of rotatable bonds is 7. The number of aliphatic carboxylic acids is 1. The second-order valence-corrected chi connectivity index (χ2v) is 10.7. The quantitative estimate of drug-likeness (QED) is 0.256. The molecule has 0 unspecified atom stereocenters. The van der Waals surface area contributed by atoms with Gasteiger partial charge >= 0.3 is 18.2 Å². The fraction of sp³-hybridized carbons (Fsp3) is 0.333. The van der Waals surface area contributed by atoms with E-state index in [1.54, 1.807) is 23.5 Å². The van der Waals surface area contributed by atoms with Gasteiger partial charge in [0, 0.05) is 49.4 Å². The molecule has 214 valence electrons. The molecule has 0 bridgehead atoms. The number of piperidine rings is 1. The van der Waals surface area contributed by atoms with Gasteiger partial charge in [-0.25, -0.2) is 19.7 Å². The number of carbonyl (C=O) groups excluding carboxylic acids is 1. The largest absolute Gasteiger partial charge is 0.481 e. The van der Waals surface area contributed by atoms with Gasteiger partial charge in [0.25, 0.3) is 0 Å². The molecule has 2 amide bonds. The second kappa shape index (κ2) is 11.3. The van der Waals surface area contributed by atoms with E-state index in [0.717, 1.165) is 21.5 Å². The maximum atomic E-state index is 13.1. The highest BCUT2D eigenvalue weighted by Gasteiger charge is 2.49. The molecular formula is C27H26F3N7O3S. The van der Waals surface area contributed by atoms with E-state index in [4.69, 9.17) is 0 Å². The summed E-state index contributed by atoms with van der Waals surface area (Å²) in [7, 11) is 0. The van der Waals surface area contributed by atoms with Gasteiger partial charge in [0.05, 0.1) is 27.7 Å². The van der Waals surface area contributed by atoms with Crippen molar-refractivity contribution in [3.8, 4) is 22.4 Å². The predicted molar refractivity (Wildman–Crippen MR) is 149 cm³/mol. The van der Waals surface area contributed by atoms with Gasteiger partial charge in [-0.3, -0.25) is 15.1 Å². The molecule has 4 heterocycles. The van der Waals surface area contributed by atoms with Crippen LogP contribution in [0, 0.1) is 5.41 Å². The van der Waals surface area contributed by atoms with Crippen LogP contribution in [0.2, 0.25) is 0 Å². The van der Waals surface area contributed by atoms with Crippen molar-refractivity contribution < 1.29 is 27.9 Å². The lowest BCUT2D eigenvalue weighted by molar-refractivity contribution is -0.181. The molecule has 1 aliphatic rings. The van der Waals surface area contributed by atoms with Crippen LogP contribution in [0.1, 0.15) is 26.2 Å². The number of aromatic nitrogens is 4. The first kappa shape index (κ1) is 28.2. The Morgan fingerprint density at radius 1 is 1.10 bits per heavy atom. The minimum absolute atomic E-state index is 0.0950. The molecule has 1 aliphatic heterocycles. The maximum Gasteiger partial charge on any atom is 0.390 e. The summed E-state index contributed by atoms with van der Waals surface area (Å²) in [6.07, 6.45) is -1.33. The van der Waals surface area contributed by atoms with E-state index in [1.165, 1.54) is 11.3 Å². The molecule has 5 rings (SSSR count). The number of amides is 2.